The van der Waals surface area contributed by atoms with Gasteiger partial charge in [-0.05, 0) is 24.2 Å². The van der Waals surface area contributed by atoms with Gasteiger partial charge in [0.1, 0.15) is 0 Å². The Morgan fingerprint density at radius 1 is 0.867 bits per heavy atom. The van der Waals surface area contributed by atoms with Gasteiger partial charge in [0.2, 0.25) is 0 Å². The molecule has 1 rings (SSSR count). The highest BCUT2D eigenvalue weighted by molar-refractivity contribution is 4.79. The molecular weight excluding hydrogens is 180 g/mol. The molecular formula is C15H34. The zero-order chi connectivity index (χ0) is 12.3. The lowest BCUT2D eigenvalue weighted by atomic mass is 9.70. The summed E-state index contributed by atoms with van der Waals surface area (Å²) in [7, 11) is 0. The third kappa shape index (κ3) is 6.98. The van der Waals surface area contributed by atoms with Crippen molar-refractivity contribution >= 4 is 0 Å². The summed E-state index contributed by atoms with van der Waals surface area (Å²) in [6.07, 6.45) is 8.76. The molecule has 0 heterocycles. The minimum absolute atomic E-state index is 0.612. The lowest BCUT2D eigenvalue weighted by Crippen LogP contribution is -2.25. The van der Waals surface area contributed by atoms with Crippen LogP contribution in [0.25, 0.3) is 0 Å². The molecule has 0 atom stereocenters. The summed E-state index contributed by atoms with van der Waals surface area (Å²) in [5.74, 6) is 1.02. The van der Waals surface area contributed by atoms with Gasteiger partial charge in [-0.2, -0.15) is 0 Å². The van der Waals surface area contributed by atoms with Crippen LogP contribution < -0.4 is 0 Å². The Morgan fingerprint density at radius 3 is 1.60 bits per heavy atom. The van der Waals surface area contributed by atoms with Crippen LogP contribution >= 0.6 is 0 Å². The molecule has 1 aliphatic carbocycles. The van der Waals surface area contributed by atoms with E-state index >= 15 is 0 Å². The summed E-state index contributed by atoms with van der Waals surface area (Å²) in [6, 6.07) is 0. The van der Waals surface area contributed by atoms with Crippen molar-refractivity contribution in [1.82, 2.24) is 0 Å². The first-order valence-corrected chi connectivity index (χ1v) is 7.17. The van der Waals surface area contributed by atoms with Gasteiger partial charge in [0.05, 0.1) is 0 Å². The smallest absolute Gasteiger partial charge is 0.0329 e. The average molecular weight is 214 g/mol. The Morgan fingerprint density at radius 2 is 1.27 bits per heavy atom. The molecule has 0 saturated heterocycles. The molecule has 0 bridgehead atoms. The van der Waals surface area contributed by atoms with Gasteiger partial charge in [-0.3, -0.25) is 0 Å². The summed E-state index contributed by atoms with van der Waals surface area (Å²) in [4.78, 5) is 0. The van der Waals surface area contributed by atoms with Crippen molar-refractivity contribution in [3.63, 3.8) is 0 Å². The first-order valence-electron chi connectivity index (χ1n) is 7.17. The van der Waals surface area contributed by atoms with Crippen LogP contribution in [0.1, 0.15) is 87.0 Å². The summed E-state index contributed by atoms with van der Waals surface area (Å²) >= 11 is 0. The van der Waals surface area contributed by atoms with E-state index in [2.05, 4.69) is 20.8 Å². The zero-order valence-electron chi connectivity index (χ0n) is 12.3. The molecule has 0 N–H and O–H groups in total. The van der Waals surface area contributed by atoms with E-state index in [1.54, 1.807) is 0 Å². The van der Waals surface area contributed by atoms with Crippen LogP contribution in [0.15, 0.2) is 0 Å². The minimum atomic E-state index is 0.612. The normalized spacial score (nSPS) is 17.0. The predicted molar refractivity (Wildman–Crippen MR) is 73.3 cm³/mol. The molecule has 0 amide bonds. The molecule has 0 heteroatoms. The Balaban J connectivity index is 0. The van der Waals surface area contributed by atoms with Gasteiger partial charge in [0.25, 0.3) is 0 Å². The molecule has 94 valence electrons. The van der Waals surface area contributed by atoms with E-state index in [1.165, 1.54) is 38.5 Å². The third-order valence-corrected chi connectivity index (χ3v) is 3.62. The largest absolute Gasteiger partial charge is 0.0683 e. The van der Waals surface area contributed by atoms with Crippen LogP contribution in [-0.4, -0.2) is 0 Å². The summed E-state index contributed by atoms with van der Waals surface area (Å²) < 4.78 is 0. The third-order valence-electron chi connectivity index (χ3n) is 3.62. The summed E-state index contributed by atoms with van der Waals surface area (Å²) in [5.41, 5.74) is 0.612. The van der Waals surface area contributed by atoms with Crippen LogP contribution in [-0.2, 0) is 0 Å². The maximum Gasteiger partial charge on any atom is -0.0329 e. The lowest BCUT2D eigenvalue weighted by Gasteiger charge is -2.36. The molecule has 1 saturated carbocycles. The average Bonchev–Trinajstić information content (AvgIpc) is 2.35. The van der Waals surface area contributed by atoms with Gasteiger partial charge >= 0.3 is 0 Å². The van der Waals surface area contributed by atoms with Gasteiger partial charge in [0, 0.05) is 0 Å². The van der Waals surface area contributed by atoms with Crippen LogP contribution in [0.2, 0.25) is 0 Å². The highest BCUT2D eigenvalue weighted by Crippen LogP contribution is 2.40. The van der Waals surface area contributed by atoms with E-state index in [0.717, 1.165) is 5.92 Å². The van der Waals surface area contributed by atoms with E-state index in [0.29, 0.717) is 5.41 Å². The molecule has 0 aromatic carbocycles. The molecule has 1 aliphatic rings. The van der Waals surface area contributed by atoms with Crippen LogP contribution in [0, 0.1) is 11.3 Å². The first kappa shape index (κ1) is 17.4. The molecule has 0 aromatic heterocycles. The topological polar surface area (TPSA) is 0 Å². The van der Waals surface area contributed by atoms with Crippen molar-refractivity contribution in [3.8, 4) is 0 Å². The maximum atomic E-state index is 2.43. The standard InChI is InChI=1S/C11H22.2C2H6/c1-4-11(2,3)10-8-6-5-7-9-10;2*1-2/h10H,4-9H2,1-3H3;2*1-2H3. The van der Waals surface area contributed by atoms with Crippen molar-refractivity contribution in [3.05, 3.63) is 0 Å². The van der Waals surface area contributed by atoms with E-state index in [9.17, 15) is 0 Å². The molecule has 15 heavy (non-hydrogen) atoms. The van der Waals surface area contributed by atoms with Gasteiger partial charge in [-0.15, -0.1) is 0 Å². The zero-order valence-corrected chi connectivity index (χ0v) is 12.3. The van der Waals surface area contributed by atoms with Crippen LogP contribution in [0.3, 0.4) is 0 Å². The molecule has 0 aliphatic heterocycles. The van der Waals surface area contributed by atoms with E-state index in [-0.39, 0.29) is 0 Å². The molecule has 0 spiro atoms. The van der Waals surface area contributed by atoms with Gasteiger partial charge in [0.15, 0.2) is 0 Å². The second kappa shape index (κ2) is 10.5. The monoisotopic (exact) mass is 214 g/mol. The van der Waals surface area contributed by atoms with Crippen LogP contribution in [0.5, 0.6) is 0 Å². The number of hydrogen-bond donors (Lipinski definition) is 0. The lowest BCUT2D eigenvalue weighted by molar-refractivity contribution is 0.152. The van der Waals surface area contributed by atoms with Gasteiger partial charge in [-0.25, -0.2) is 0 Å². The highest BCUT2D eigenvalue weighted by Gasteiger charge is 2.28. The van der Waals surface area contributed by atoms with Gasteiger partial charge < -0.3 is 0 Å². The quantitative estimate of drug-likeness (QED) is 0.524. The highest BCUT2D eigenvalue weighted by atomic mass is 14.3. The first-order chi connectivity index (χ1) is 7.17. The Labute approximate surface area is 98.9 Å². The fourth-order valence-corrected chi connectivity index (χ4v) is 2.17. The molecule has 0 aromatic rings. The fourth-order valence-electron chi connectivity index (χ4n) is 2.17. The Bertz CT molecular complexity index is 107. The Kier molecular flexibility index (Phi) is 12.2. The molecule has 0 unspecified atom stereocenters. The molecule has 0 radical (unpaired) electrons. The fraction of sp³-hybridized carbons (Fsp3) is 1.00. The maximum absolute atomic E-state index is 2.43. The number of rotatable bonds is 2. The van der Waals surface area contributed by atoms with Crippen LogP contribution in [0.4, 0.5) is 0 Å². The van der Waals surface area contributed by atoms with Crippen molar-refractivity contribution in [2.24, 2.45) is 11.3 Å². The predicted octanol–water partition coefficient (Wildman–Crippen LogP) is 6.06. The van der Waals surface area contributed by atoms with Crippen molar-refractivity contribution < 1.29 is 0 Å². The van der Waals surface area contributed by atoms with Gasteiger partial charge in [-0.1, -0.05) is 74.1 Å². The van der Waals surface area contributed by atoms with E-state index in [1.807, 2.05) is 27.7 Å². The van der Waals surface area contributed by atoms with Crippen molar-refractivity contribution in [2.45, 2.75) is 87.0 Å². The minimum Gasteiger partial charge on any atom is -0.0683 e. The van der Waals surface area contributed by atoms with Crippen molar-refractivity contribution in [1.29, 1.82) is 0 Å². The van der Waals surface area contributed by atoms with Crippen molar-refractivity contribution in [2.75, 3.05) is 0 Å². The summed E-state index contributed by atoms with van der Waals surface area (Å²) in [6.45, 7) is 15.2. The molecule has 1 fully saturated rings. The second-order valence-corrected chi connectivity index (χ2v) is 4.68. The van der Waals surface area contributed by atoms with E-state index < -0.39 is 0 Å². The number of hydrogen-bond acceptors (Lipinski definition) is 0. The molecule has 0 nitrogen and oxygen atoms in total. The Hall–Kier alpha value is 0. The SMILES string of the molecule is CC.CC.CCC(C)(C)C1CCCCC1. The summed E-state index contributed by atoms with van der Waals surface area (Å²) in [5, 5.41) is 0. The second-order valence-electron chi connectivity index (χ2n) is 4.68. The van der Waals surface area contributed by atoms with E-state index in [4.69, 9.17) is 0 Å².